The molecule has 2 rings (SSSR count). The molecule has 0 unspecified atom stereocenters. The van der Waals surface area contributed by atoms with E-state index in [0.29, 0.717) is 12.8 Å². The maximum atomic E-state index is 13.5. The van der Waals surface area contributed by atoms with Gasteiger partial charge in [-0.1, -0.05) is 0 Å². The second-order valence-electron chi connectivity index (χ2n) is 4.93. The summed E-state index contributed by atoms with van der Waals surface area (Å²) < 4.78 is 19.1. The predicted molar refractivity (Wildman–Crippen MR) is 74.2 cm³/mol. The number of aliphatic hydroxyl groups excluding tert-OH is 1. The molecule has 110 valence electrons. The normalized spacial score (nSPS) is 22.6. The number of ether oxygens (including phenoxy) is 1. The molecular weight excluding hydrogens is 333 g/mol. The molecule has 0 saturated heterocycles. The van der Waals surface area contributed by atoms with Gasteiger partial charge in [0.2, 0.25) is 0 Å². The minimum Gasteiger partial charge on any atom is -0.483 e. The van der Waals surface area contributed by atoms with Gasteiger partial charge in [0.15, 0.2) is 5.75 Å². The molecule has 0 aromatic heterocycles. The van der Waals surface area contributed by atoms with Crippen LogP contribution < -0.4 is 4.74 Å². The van der Waals surface area contributed by atoms with Crippen LogP contribution in [0.2, 0.25) is 0 Å². The molecule has 7 heteroatoms. The Hall–Kier alpha value is -1.21. The highest BCUT2D eigenvalue weighted by Gasteiger charge is 2.26. The Kier molecular flexibility index (Phi) is 4.93. The van der Waals surface area contributed by atoms with Crippen molar-refractivity contribution in [3.05, 3.63) is 32.5 Å². The van der Waals surface area contributed by atoms with E-state index in [-0.39, 0.29) is 34.5 Å². The van der Waals surface area contributed by atoms with Gasteiger partial charge < -0.3 is 9.84 Å². The van der Waals surface area contributed by atoms with Gasteiger partial charge in [-0.15, -0.1) is 0 Å². The van der Waals surface area contributed by atoms with Crippen molar-refractivity contribution >= 4 is 21.6 Å². The molecule has 1 aromatic rings. The molecule has 0 bridgehead atoms. The Morgan fingerprint density at radius 3 is 2.60 bits per heavy atom. The molecule has 1 aromatic carbocycles. The Balaban J connectivity index is 2.13. The summed E-state index contributed by atoms with van der Waals surface area (Å²) in [6, 6.07) is 2.16. The number of benzene rings is 1. The average molecular weight is 348 g/mol. The molecule has 0 atom stereocenters. The van der Waals surface area contributed by atoms with Crippen molar-refractivity contribution in [3.8, 4) is 5.75 Å². The molecule has 1 N–H and O–H groups in total. The molecule has 20 heavy (non-hydrogen) atoms. The molecule has 0 aliphatic heterocycles. The van der Waals surface area contributed by atoms with E-state index < -0.39 is 10.7 Å². The first-order chi connectivity index (χ1) is 9.51. The topological polar surface area (TPSA) is 72.6 Å². The predicted octanol–water partition coefficient (Wildman–Crippen LogP) is 3.43. The standard InChI is InChI=1S/C13H15BrFNO4/c14-10-5-12(16(18)19)13(6-11(10)15)20-9-3-1-8(7-17)2-4-9/h5-6,8-9,17H,1-4,7H2. The number of halogens is 2. The Morgan fingerprint density at radius 2 is 2.05 bits per heavy atom. The smallest absolute Gasteiger partial charge is 0.312 e. The first kappa shape index (κ1) is 15.2. The van der Waals surface area contributed by atoms with Gasteiger partial charge in [-0.3, -0.25) is 10.1 Å². The number of nitrogens with zero attached hydrogens (tertiary/aromatic N) is 1. The second kappa shape index (κ2) is 6.49. The molecule has 1 aliphatic rings. The number of hydrogen-bond donors (Lipinski definition) is 1. The number of aliphatic hydroxyl groups is 1. The first-order valence-corrected chi connectivity index (χ1v) is 7.21. The van der Waals surface area contributed by atoms with E-state index in [0.717, 1.165) is 25.0 Å². The molecule has 1 aliphatic carbocycles. The lowest BCUT2D eigenvalue weighted by Gasteiger charge is -2.27. The highest BCUT2D eigenvalue weighted by molar-refractivity contribution is 9.10. The number of nitro groups is 1. The quantitative estimate of drug-likeness (QED) is 0.668. The van der Waals surface area contributed by atoms with Gasteiger partial charge in [0, 0.05) is 18.7 Å². The number of rotatable bonds is 4. The van der Waals surface area contributed by atoms with Crippen LogP contribution in [-0.4, -0.2) is 22.7 Å². The van der Waals surface area contributed by atoms with Crippen LogP contribution >= 0.6 is 15.9 Å². The van der Waals surface area contributed by atoms with Crippen molar-refractivity contribution in [2.24, 2.45) is 5.92 Å². The van der Waals surface area contributed by atoms with Crippen LogP contribution in [0.3, 0.4) is 0 Å². The Morgan fingerprint density at radius 1 is 1.40 bits per heavy atom. The van der Waals surface area contributed by atoms with Crippen molar-refractivity contribution in [2.45, 2.75) is 31.8 Å². The van der Waals surface area contributed by atoms with E-state index in [9.17, 15) is 14.5 Å². The molecule has 5 nitrogen and oxygen atoms in total. The fourth-order valence-corrected chi connectivity index (χ4v) is 2.70. The molecule has 0 amide bonds. The third-order valence-electron chi connectivity index (χ3n) is 3.54. The molecule has 0 radical (unpaired) electrons. The van der Waals surface area contributed by atoms with Crippen molar-refractivity contribution in [3.63, 3.8) is 0 Å². The van der Waals surface area contributed by atoms with Crippen LogP contribution in [-0.2, 0) is 0 Å². The lowest BCUT2D eigenvalue weighted by atomic mass is 9.88. The molecule has 0 spiro atoms. The van der Waals surface area contributed by atoms with Crippen LogP contribution in [0.25, 0.3) is 0 Å². The lowest BCUT2D eigenvalue weighted by Crippen LogP contribution is -2.25. The summed E-state index contributed by atoms with van der Waals surface area (Å²) in [5, 5.41) is 20.0. The highest BCUT2D eigenvalue weighted by atomic mass is 79.9. The van der Waals surface area contributed by atoms with Gasteiger partial charge in [-0.05, 0) is 47.5 Å². The summed E-state index contributed by atoms with van der Waals surface area (Å²) in [6.07, 6.45) is 2.87. The summed E-state index contributed by atoms with van der Waals surface area (Å²) in [5.41, 5.74) is -0.248. The number of nitro benzene ring substituents is 1. The maximum Gasteiger partial charge on any atom is 0.312 e. The minimum absolute atomic E-state index is 0.0388. The summed E-state index contributed by atoms with van der Waals surface area (Å²) in [5.74, 6) is -0.357. The maximum absolute atomic E-state index is 13.5. The molecule has 1 saturated carbocycles. The second-order valence-corrected chi connectivity index (χ2v) is 5.79. The number of hydrogen-bond acceptors (Lipinski definition) is 4. The highest BCUT2D eigenvalue weighted by Crippen LogP contribution is 2.35. The average Bonchev–Trinajstić information content (AvgIpc) is 2.43. The van der Waals surface area contributed by atoms with E-state index in [2.05, 4.69) is 15.9 Å². The van der Waals surface area contributed by atoms with Crippen LogP contribution in [0, 0.1) is 21.8 Å². The van der Waals surface area contributed by atoms with Crippen LogP contribution in [0.1, 0.15) is 25.7 Å². The van der Waals surface area contributed by atoms with Crippen molar-refractivity contribution in [1.29, 1.82) is 0 Å². The summed E-state index contributed by atoms with van der Waals surface area (Å²) in [4.78, 5) is 10.4. The molecule has 1 fully saturated rings. The SMILES string of the molecule is O=[N+]([O-])c1cc(Br)c(F)cc1OC1CCC(CO)CC1. The van der Waals surface area contributed by atoms with Crippen LogP contribution in [0.15, 0.2) is 16.6 Å². The monoisotopic (exact) mass is 347 g/mol. The summed E-state index contributed by atoms with van der Waals surface area (Å²) >= 11 is 2.93. The van der Waals surface area contributed by atoms with E-state index in [1.165, 1.54) is 0 Å². The molecule has 0 heterocycles. The van der Waals surface area contributed by atoms with Gasteiger partial charge in [-0.25, -0.2) is 4.39 Å². The van der Waals surface area contributed by atoms with E-state index in [4.69, 9.17) is 9.84 Å². The van der Waals surface area contributed by atoms with Gasteiger partial charge in [0.25, 0.3) is 0 Å². The Labute approximate surface area is 124 Å². The third-order valence-corrected chi connectivity index (χ3v) is 4.15. The van der Waals surface area contributed by atoms with Gasteiger partial charge in [0.1, 0.15) is 5.82 Å². The first-order valence-electron chi connectivity index (χ1n) is 6.42. The van der Waals surface area contributed by atoms with Gasteiger partial charge in [0.05, 0.1) is 15.5 Å². The van der Waals surface area contributed by atoms with E-state index in [1.54, 1.807) is 0 Å². The fraction of sp³-hybridized carbons (Fsp3) is 0.538. The third kappa shape index (κ3) is 3.46. The lowest BCUT2D eigenvalue weighted by molar-refractivity contribution is -0.386. The zero-order chi connectivity index (χ0) is 14.7. The van der Waals surface area contributed by atoms with Crippen molar-refractivity contribution in [1.82, 2.24) is 0 Å². The van der Waals surface area contributed by atoms with Crippen molar-refractivity contribution < 1.29 is 19.2 Å². The van der Waals surface area contributed by atoms with Crippen LogP contribution in [0.4, 0.5) is 10.1 Å². The van der Waals surface area contributed by atoms with Gasteiger partial charge in [-0.2, -0.15) is 0 Å². The minimum atomic E-state index is -0.588. The summed E-state index contributed by atoms with van der Waals surface area (Å²) in [6.45, 7) is 0.153. The fourth-order valence-electron chi connectivity index (χ4n) is 2.37. The Bertz CT molecular complexity index is 503. The molecular formula is C13H15BrFNO4. The zero-order valence-electron chi connectivity index (χ0n) is 10.7. The summed E-state index contributed by atoms with van der Waals surface area (Å²) in [7, 11) is 0. The van der Waals surface area contributed by atoms with Crippen molar-refractivity contribution in [2.75, 3.05) is 6.61 Å². The largest absolute Gasteiger partial charge is 0.483 e. The van der Waals surface area contributed by atoms with E-state index >= 15 is 0 Å². The zero-order valence-corrected chi connectivity index (χ0v) is 12.3. The van der Waals surface area contributed by atoms with Gasteiger partial charge >= 0.3 is 5.69 Å². The van der Waals surface area contributed by atoms with E-state index in [1.807, 2.05) is 0 Å². The van der Waals surface area contributed by atoms with Crippen LogP contribution in [0.5, 0.6) is 5.75 Å².